The molecule has 0 radical (unpaired) electrons. The van der Waals surface area contributed by atoms with Gasteiger partial charge in [0.05, 0.1) is 25.3 Å². The first kappa shape index (κ1) is 20.6. The van der Waals surface area contributed by atoms with Crippen LogP contribution in [0.15, 0.2) is 23.4 Å². The summed E-state index contributed by atoms with van der Waals surface area (Å²) in [5.74, 6) is -5.66. The first-order chi connectivity index (χ1) is 13.7. The van der Waals surface area contributed by atoms with Gasteiger partial charge in [-0.2, -0.15) is 0 Å². The van der Waals surface area contributed by atoms with Crippen LogP contribution in [-0.4, -0.2) is 60.0 Å². The molecule has 1 saturated heterocycles. The summed E-state index contributed by atoms with van der Waals surface area (Å²) in [6.07, 6.45) is 0.166. The molecule has 1 aromatic carbocycles. The number of rotatable bonds is 2. The lowest BCUT2D eigenvalue weighted by Gasteiger charge is -2.36. The number of nitrogens with zero attached hydrogens (tertiary/aromatic N) is 2. The molecule has 0 spiro atoms. The molecule has 0 bridgehead atoms. The lowest BCUT2D eigenvalue weighted by molar-refractivity contribution is -0.151. The Morgan fingerprint density at radius 2 is 1.90 bits per heavy atom. The highest BCUT2D eigenvalue weighted by molar-refractivity contribution is 6.06. The van der Waals surface area contributed by atoms with Gasteiger partial charge >= 0.3 is 6.03 Å². The van der Waals surface area contributed by atoms with Crippen molar-refractivity contribution in [1.82, 2.24) is 9.80 Å². The van der Waals surface area contributed by atoms with Crippen LogP contribution in [0.4, 0.5) is 23.7 Å². The number of anilines is 1. The monoisotopic (exact) mass is 412 g/mol. The minimum Gasteiger partial charge on any atom is -0.402 e. The molecule has 0 aromatic heterocycles. The van der Waals surface area contributed by atoms with Crippen LogP contribution in [0.3, 0.4) is 0 Å². The third-order valence-electron chi connectivity index (χ3n) is 4.75. The van der Waals surface area contributed by atoms with Gasteiger partial charge < -0.3 is 20.7 Å². The average Bonchev–Trinajstić information content (AvgIpc) is 2.66. The molecule has 0 saturated carbocycles. The largest absolute Gasteiger partial charge is 0.402 e. The second-order valence-corrected chi connectivity index (χ2v) is 6.77. The van der Waals surface area contributed by atoms with Gasteiger partial charge in [0.25, 0.3) is 11.8 Å². The summed E-state index contributed by atoms with van der Waals surface area (Å²) in [6, 6.07) is 0.109. The zero-order chi connectivity index (χ0) is 21.3. The molecule has 11 heteroatoms. The van der Waals surface area contributed by atoms with E-state index < -0.39 is 41.3 Å². The quantitative estimate of drug-likeness (QED) is 0.563. The molecule has 156 valence electrons. The lowest BCUT2D eigenvalue weighted by Crippen LogP contribution is -2.52. The SMILES string of the molecule is C[C@H]1CC(N)=C(C(=O)N2CCOCC2=O)CN1C(=O)Nc1cc(F)c(F)c(F)c1. The van der Waals surface area contributed by atoms with Crippen LogP contribution in [0.5, 0.6) is 0 Å². The molecule has 3 N–H and O–H groups in total. The van der Waals surface area contributed by atoms with Crippen LogP contribution < -0.4 is 11.1 Å². The molecule has 4 amide bonds. The summed E-state index contributed by atoms with van der Waals surface area (Å²) < 4.78 is 44.8. The predicted molar refractivity (Wildman–Crippen MR) is 94.9 cm³/mol. The van der Waals surface area contributed by atoms with Crippen molar-refractivity contribution in [3.8, 4) is 0 Å². The number of morpholine rings is 1. The van der Waals surface area contributed by atoms with Crippen LogP contribution in [0.1, 0.15) is 13.3 Å². The standard InChI is InChI=1S/C18H19F3N4O4/c1-9-4-14(22)11(17(27)24-2-3-29-8-15(24)26)7-25(9)18(28)23-10-5-12(19)16(21)13(20)6-10/h5-6,9H,2-4,7-8,22H2,1H3,(H,23,28)/t9-/m0/s1. The van der Waals surface area contributed by atoms with Crippen molar-refractivity contribution in [3.63, 3.8) is 0 Å². The number of carbonyl (C=O) groups excluding carboxylic acids is 3. The Morgan fingerprint density at radius 1 is 1.24 bits per heavy atom. The molecule has 2 aliphatic rings. The van der Waals surface area contributed by atoms with Gasteiger partial charge in [-0.3, -0.25) is 14.5 Å². The van der Waals surface area contributed by atoms with Crippen molar-refractivity contribution in [3.05, 3.63) is 40.9 Å². The topological polar surface area (TPSA) is 105 Å². The van der Waals surface area contributed by atoms with Crippen molar-refractivity contribution >= 4 is 23.5 Å². The molecular weight excluding hydrogens is 393 g/mol. The van der Waals surface area contributed by atoms with E-state index in [1.807, 2.05) is 0 Å². The molecule has 3 rings (SSSR count). The van der Waals surface area contributed by atoms with E-state index in [-0.39, 0.29) is 49.7 Å². The van der Waals surface area contributed by atoms with Crippen molar-refractivity contribution in [1.29, 1.82) is 0 Å². The molecular formula is C18H19F3N4O4. The number of imide groups is 1. The number of benzene rings is 1. The van der Waals surface area contributed by atoms with Crippen molar-refractivity contribution < 1.29 is 32.3 Å². The summed E-state index contributed by atoms with van der Waals surface area (Å²) in [7, 11) is 0. The Bertz CT molecular complexity index is 882. The third kappa shape index (κ3) is 4.19. The Labute approximate surface area is 164 Å². The normalized spacial score (nSPS) is 20.1. The zero-order valence-electron chi connectivity index (χ0n) is 15.5. The first-order valence-corrected chi connectivity index (χ1v) is 8.81. The van der Waals surface area contributed by atoms with Crippen LogP contribution in [0.2, 0.25) is 0 Å². The van der Waals surface area contributed by atoms with Crippen LogP contribution >= 0.6 is 0 Å². The van der Waals surface area contributed by atoms with E-state index in [1.54, 1.807) is 6.92 Å². The number of amides is 4. The number of nitrogens with two attached hydrogens (primary N) is 1. The third-order valence-corrected chi connectivity index (χ3v) is 4.75. The number of ether oxygens (including phenoxy) is 1. The van der Waals surface area contributed by atoms with Gasteiger partial charge in [-0.15, -0.1) is 0 Å². The molecule has 0 unspecified atom stereocenters. The highest BCUT2D eigenvalue weighted by Crippen LogP contribution is 2.24. The van der Waals surface area contributed by atoms with Crippen molar-refractivity contribution in [2.45, 2.75) is 19.4 Å². The number of hydrogen-bond acceptors (Lipinski definition) is 5. The molecule has 1 atom stereocenters. The summed E-state index contributed by atoms with van der Waals surface area (Å²) in [4.78, 5) is 39.5. The first-order valence-electron chi connectivity index (χ1n) is 8.81. The van der Waals surface area contributed by atoms with E-state index in [2.05, 4.69) is 5.32 Å². The average molecular weight is 412 g/mol. The Hall–Kier alpha value is -3.08. The number of carbonyl (C=O) groups is 3. The van der Waals surface area contributed by atoms with E-state index in [4.69, 9.17) is 10.5 Å². The number of nitrogens with one attached hydrogen (secondary N) is 1. The lowest BCUT2D eigenvalue weighted by atomic mass is 9.99. The molecule has 1 fully saturated rings. The fraction of sp³-hybridized carbons (Fsp3) is 0.389. The van der Waals surface area contributed by atoms with Crippen LogP contribution in [0, 0.1) is 17.5 Å². The highest BCUT2D eigenvalue weighted by atomic mass is 19.2. The summed E-state index contributed by atoms with van der Waals surface area (Å²) in [6.45, 7) is 1.53. The van der Waals surface area contributed by atoms with E-state index in [0.717, 1.165) is 4.90 Å². The maximum atomic E-state index is 13.4. The second kappa shape index (κ2) is 8.11. The van der Waals surface area contributed by atoms with E-state index in [0.29, 0.717) is 12.1 Å². The molecule has 0 aliphatic carbocycles. The maximum absolute atomic E-state index is 13.4. The van der Waals surface area contributed by atoms with E-state index in [1.165, 1.54) is 4.90 Å². The molecule has 1 aromatic rings. The van der Waals surface area contributed by atoms with Gasteiger partial charge in [0.2, 0.25) is 0 Å². The highest BCUT2D eigenvalue weighted by Gasteiger charge is 2.35. The minimum absolute atomic E-state index is 0.0737. The number of hydrogen-bond donors (Lipinski definition) is 2. The second-order valence-electron chi connectivity index (χ2n) is 6.77. The van der Waals surface area contributed by atoms with Crippen molar-refractivity contribution in [2.75, 3.05) is 31.6 Å². The van der Waals surface area contributed by atoms with Gasteiger partial charge in [0, 0.05) is 36.0 Å². The van der Waals surface area contributed by atoms with Crippen LogP contribution in [-0.2, 0) is 14.3 Å². The van der Waals surface area contributed by atoms with Gasteiger partial charge in [0.15, 0.2) is 17.5 Å². The van der Waals surface area contributed by atoms with E-state index in [9.17, 15) is 27.6 Å². The summed E-state index contributed by atoms with van der Waals surface area (Å²) in [5.41, 5.74) is 6.05. The zero-order valence-corrected chi connectivity index (χ0v) is 15.5. The molecule has 2 aliphatic heterocycles. The van der Waals surface area contributed by atoms with Gasteiger partial charge in [-0.05, 0) is 6.92 Å². The smallest absolute Gasteiger partial charge is 0.322 e. The fourth-order valence-electron chi connectivity index (χ4n) is 3.17. The fourth-order valence-corrected chi connectivity index (χ4v) is 3.17. The van der Waals surface area contributed by atoms with Crippen LogP contribution in [0.25, 0.3) is 0 Å². The maximum Gasteiger partial charge on any atom is 0.322 e. The summed E-state index contributed by atoms with van der Waals surface area (Å²) >= 11 is 0. The minimum atomic E-state index is -1.65. The molecule has 29 heavy (non-hydrogen) atoms. The number of urea groups is 1. The van der Waals surface area contributed by atoms with E-state index >= 15 is 0 Å². The predicted octanol–water partition coefficient (Wildman–Crippen LogP) is 1.33. The Balaban J connectivity index is 1.77. The van der Waals surface area contributed by atoms with Gasteiger partial charge in [-0.25, -0.2) is 18.0 Å². The molecule has 2 heterocycles. The summed E-state index contributed by atoms with van der Waals surface area (Å²) in [5, 5.41) is 2.28. The van der Waals surface area contributed by atoms with Gasteiger partial charge in [-0.1, -0.05) is 0 Å². The van der Waals surface area contributed by atoms with Crippen molar-refractivity contribution in [2.24, 2.45) is 5.73 Å². The number of halogens is 3. The molecule has 8 nitrogen and oxygen atoms in total. The van der Waals surface area contributed by atoms with Gasteiger partial charge in [0.1, 0.15) is 6.61 Å². The Morgan fingerprint density at radius 3 is 2.52 bits per heavy atom. The Kier molecular flexibility index (Phi) is 5.78.